The minimum atomic E-state index is 0.342. The van der Waals surface area contributed by atoms with Crippen molar-refractivity contribution in [1.82, 2.24) is 30.6 Å². The van der Waals surface area contributed by atoms with Crippen molar-refractivity contribution in [2.24, 2.45) is 0 Å². The Kier molecular flexibility index (Phi) is 6.02. The van der Waals surface area contributed by atoms with E-state index in [4.69, 9.17) is 4.98 Å². The van der Waals surface area contributed by atoms with E-state index in [2.05, 4.69) is 74.7 Å². The van der Waals surface area contributed by atoms with Crippen molar-refractivity contribution in [1.29, 1.82) is 0 Å². The van der Waals surface area contributed by atoms with Gasteiger partial charge in [-0.3, -0.25) is 0 Å². The summed E-state index contributed by atoms with van der Waals surface area (Å²) in [7, 11) is 0. The summed E-state index contributed by atoms with van der Waals surface area (Å²) in [4.78, 5) is 16.0. The number of H-pyrrole nitrogens is 2. The molecule has 0 spiro atoms. The van der Waals surface area contributed by atoms with Gasteiger partial charge in [0.05, 0.1) is 35.5 Å². The molecule has 3 heterocycles. The van der Waals surface area contributed by atoms with Crippen molar-refractivity contribution in [3.05, 3.63) is 71.4 Å². The SMILES string of the molecule is CCCNCc1ncc(-c2ccc(C#Cc3ccc4nc([C@@H]5CCCN5)[nH]c4c3)cc2)[nH]1. The van der Waals surface area contributed by atoms with Crippen LogP contribution in [0.25, 0.3) is 22.3 Å². The molecular formula is C26H28N6. The lowest BCUT2D eigenvalue weighted by molar-refractivity contribution is 0.614. The van der Waals surface area contributed by atoms with E-state index in [1.54, 1.807) is 0 Å². The minimum absolute atomic E-state index is 0.342. The highest BCUT2D eigenvalue weighted by molar-refractivity contribution is 5.77. The number of hydrogen-bond acceptors (Lipinski definition) is 4. The zero-order valence-corrected chi connectivity index (χ0v) is 18.3. The van der Waals surface area contributed by atoms with Gasteiger partial charge in [-0.15, -0.1) is 0 Å². The maximum atomic E-state index is 4.74. The van der Waals surface area contributed by atoms with Crippen LogP contribution in [0.4, 0.5) is 0 Å². The molecule has 0 amide bonds. The van der Waals surface area contributed by atoms with Crippen LogP contribution in [0.15, 0.2) is 48.7 Å². The average molecular weight is 425 g/mol. The summed E-state index contributed by atoms with van der Waals surface area (Å²) in [6, 6.07) is 14.8. The smallest absolute Gasteiger partial charge is 0.124 e. The van der Waals surface area contributed by atoms with Gasteiger partial charge in [0, 0.05) is 11.1 Å². The number of imidazole rings is 2. The molecular weight excluding hydrogens is 396 g/mol. The predicted octanol–water partition coefficient (Wildman–Crippen LogP) is 4.28. The molecule has 1 atom stereocenters. The Morgan fingerprint density at radius 3 is 2.72 bits per heavy atom. The maximum absolute atomic E-state index is 4.74. The van der Waals surface area contributed by atoms with Crippen LogP contribution in [0.1, 0.15) is 55.0 Å². The normalized spacial score (nSPS) is 15.7. The lowest BCUT2D eigenvalue weighted by atomic mass is 10.1. The molecule has 2 aromatic heterocycles. The number of fused-ring (bicyclic) bond motifs is 1. The van der Waals surface area contributed by atoms with Crippen LogP contribution in [0.2, 0.25) is 0 Å². The second-order valence-corrected chi connectivity index (χ2v) is 8.25. The first-order valence-corrected chi connectivity index (χ1v) is 11.4. The standard InChI is InChI=1S/C26H28N6/c1-2-13-27-17-25-29-16-24(30-25)20-10-7-18(8-11-20)5-6-19-9-12-21-23(15-19)32-26(31-21)22-4-3-14-28-22/h7-12,15-16,22,27-28H,2-4,13-14,17H2,1H3,(H,29,30)(H,31,32)/t22-/m0/s1. The van der Waals surface area contributed by atoms with E-state index < -0.39 is 0 Å². The Hall–Kier alpha value is -3.40. The molecule has 0 saturated carbocycles. The van der Waals surface area contributed by atoms with Gasteiger partial charge < -0.3 is 20.6 Å². The number of aromatic nitrogens is 4. The lowest BCUT2D eigenvalue weighted by Crippen LogP contribution is -2.14. The number of benzene rings is 2. The average Bonchev–Trinajstić information content (AvgIpc) is 3.58. The molecule has 4 aromatic rings. The van der Waals surface area contributed by atoms with Crippen LogP contribution >= 0.6 is 0 Å². The van der Waals surface area contributed by atoms with Gasteiger partial charge in [0.25, 0.3) is 0 Å². The Morgan fingerprint density at radius 2 is 1.91 bits per heavy atom. The maximum Gasteiger partial charge on any atom is 0.124 e. The second-order valence-electron chi connectivity index (χ2n) is 8.25. The molecule has 4 N–H and O–H groups in total. The highest BCUT2D eigenvalue weighted by atomic mass is 15.0. The van der Waals surface area contributed by atoms with Crippen molar-refractivity contribution >= 4 is 11.0 Å². The molecule has 1 aliphatic heterocycles. The van der Waals surface area contributed by atoms with Crippen molar-refractivity contribution in [2.45, 2.75) is 38.8 Å². The molecule has 1 saturated heterocycles. The first-order chi connectivity index (χ1) is 15.8. The highest BCUT2D eigenvalue weighted by Crippen LogP contribution is 2.23. The first kappa shape index (κ1) is 20.5. The Bertz CT molecular complexity index is 1250. The summed E-state index contributed by atoms with van der Waals surface area (Å²) in [5.74, 6) is 8.54. The molecule has 6 heteroatoms. The third-order valence-corrected chi connectivity index (χ3v) is 5.79. The quantitative estimate of drug-likeness (QED) is 0.275. The third-order valence-electron chi connectivity index (χ3n) is 5.79. The zero-order chi connectivity index (χ0) is 21.8. The highest BCUT2D eigenvalue weighted by Gasteiger charge is 2.19. The molecule has 1 fully saturated rings. The van der Waals surface area contributed by atoms with Crippen molar-refractivity contribution in [3.63, 3.8) is 0 Å². The fraction of sp³-hybridized carbons (Fsp3) is 0.308. The molecule has 6 nitrogen and oxygen atoms in total. The van der Waals surface area contributed by atoms with Gasteiger partial charge in [-0.25, -0.2) is 9.97 Å². The van der Waals surface area contributed by atoms with Gasteiger partial charge in [0.2, 0.25) is 0 Å². The van der Waals surface area contributed by atoms with E-state index in [9.17, 15) is 0 Å². The number of nitrogens with one attached hydrogen (secondary N) is 4. The number of aromatic amines is 2. The fourth-order valence-electron chi connectivity index (χ4n) is 4.05. The minimum Gasteiger partial charge on any atom is -0.341 e. The summed E-state index contributed by atoms with van der Waals surface area (Å²) >= 11 is 0. The monoisotopic (exact) mass is 424 g/mol. The summed E-state index contributed by atoms with van der Waals surface area (Å²) in [6.07, 6.45) is 5.34. The topological polar surface area (TPSA) is 81.4 Å². The Morgan fingerprint density at radius 1 is 1.06 bits per heavy atom. The molecule has 32 heavy (non-hydrogen) atoms. The van der Waals surface area contributed by atoms with E-state index in [0.29, 0.717) is 6.04 Å². The van der Waals surface area contributed by atoms with Crippen LogP contribution in [0.5, 0.6) is 0 Å². The van der Waals surface area contributed by atoms with E-state index in [1.807, 2.05) is 18.3 Å². The van der Waals surface area contributed by atoms with Crippen LogP contribution in [0.3, 0.4) is 0 Å². The zero-order valence-electron chi connectivity index (χ0n) is 18.3. The molecule has 0 bridgehead atoms. The fourth-order valence-corrected chi connectivity index (χ4v) is 4.05. The summed E-state index contributed by atoms with van der Waals surface area (Å²) in [5, 5.41) is 6.86. The summed E-state index contributed by atoms with van der Waals surface area (Å²) < 4.78 is 0. The molecule has 5 rings (SSSR count). The van der Waals surface area contributed by atoms with Crippen LogP contribution < -0.4 is 10.6 Å². The summed E-state index contributed by atoms with van der Waals surface area (Å²) in [5.41, 5.74) is 6.13. The van der Waals surface area contributed by atoms with E-state index in [1.165, 1.54) is 6.42 Å². The van der Waals surface area contributed by atoms with Crippen LogP contribution in [-0.4, -0.2) is 33.0 Å². The van der Waals surface area contributed by atoms with Crippen LogP contribution in [0, 0.1) is 11.8 Å². The molecule has 162 valence electrons. The number of rotatable bonds is 6. The summed E-state index contributed by atoms with van der Waals surface area (Å²) in [6.45, 7) is 4.98. The second kappa shape index (κ2) is 9.39. The van der Waals surface area contributed by atoms with Gasteiger partial charge in [-0.2, -0.15) is 0 Å². The number of hydrogen-bond donors (Lipinski definition) is 4. The molecule has 0 unspecified atom stereocenters. The van der Waals surface area contributed by atoms with Crippen molar-refractivity contribution in [3.8, 4) is 23.1 Å². The number of nitrogens with zero attached hydrogens (tertiary/aromatic N) is 2. The van der Waals surface area contributed by atoms with Gasteiger partial charge in [0.15, 0.2) is 0 Å². The van der Waals surface area contributed by atoms with E-state index >= 15 is 0 Å². The van der Waals surface area contributed by atoms with Gasteiger partial charge in [0.1, 0.15) is 11.6 Å². The lowest BCUT2D eigenvalue weighted by Gasteiger charge is -2.04. The van der Waals surface area contributed by atoms with Crippen molar-refractivity contribution in [2.75, 3.05) is 13.1 Å². The van der Waals surface area contributed by atoms with E-state index in [-0.39, 0.29) is 0 Å². The molecule has 0 aliphatic carbocycles. The van der Waals surface area contributed by atoms with Gasteiger partial charge >= 0.3 is 0 Å². The molecule has 2 aromatic carbocycles. The Labute approximate surface area is 188 Å². The van der Waals surface area contributed by atoms with Crippen molar-refractivity contribution < 1.29 is 0 Å². The van der Waals surface area contributed by atoms with Gasteiger partial charge in [-0.05, 0) is 68.2 Å². The molecule has 0 radical (unpaired) electrons. The van der Waals surface area contributed by atoms with E-state index in [0.717, 1.165) is 77.5 Å². The molecule has 1 aliphatic rings. The first-order valence-electron chi connectivity index (χ1n) is 11.4. The van der Waals surface area contributed by atoms with Crippen LogP contribution in [-0.2, 0) is 6.54 Å². The largest absolute Gasteiger partial charge is 0.341 e. The van der Waals surface area contributed by atoms with Gasteiger partial charge in [-0.1, -0.05) is 30.9 Å². The Balaban J connectivity index is 1.28. The third kappa shape index (κ3) is 4.59. The predicted molar refractivity (Wildman–Crippen MR) is 128 cm³/mol.